The number of hydrogen-bond acceptors (Lipinski definition) is 3. The lowest BCUT2D eigenvalue weighted by Crippen LogP contribution is -2.12. The van der Waals surface area contributed by atoms with E-state index in [4.69, 9.17) is 0 Å². The van der Waals surface area contributed by atoms with E-state index in [1.165, 1.54) is 0 Å². The Morgan fingerprint density at radius 3 is 2.70 bits per heavy atom. The molecule has 1 aromatic heterocycles. The van der Waals surface area contributed by atoms with Crippen molar-refractivity contribution in [1.29, 1.82) is 0 Å². The molecule has 0 spiro atoms. The Morgan fingerprint density at radius 2 is 2.05 bits per heavy atom. The van der Waals surface area contributed by atoms with Crippen LogP contribution in [0, 0.1) is 5.82 Å². The van der Waals surface area contributed by atoms with E-state index in [2.05, 4.69) is 10.3 Å². The summed E-state index contributed by atoms with van der Waals surface area (Å²) in [6.07, 6.45) is -4.61. The Kier molecular flexibility index (Phi) is 4.39. The summed E-state index contributed by atoms with van der Waals surface area (Å²) in [4.78, 5) is 4.16. The molecule has 108 valence electrons. The molecule has 1 heterocycles. The highest BCUT2D eigenvalue weighted by atomic mass is 32.1. The smallest absolute Gasteiger partial charge is 0.311 e. The Labute approximate surface area is 117 Å². The molecule has 0 amide bonds. The first-order valence-corrected chi connectivity index (χ1v) is 6.82. The fraction of sp³-hybridized carbons (Fsp3) is 0.308. The van der Waals surface area contributed by atoms with E-state index in [1.54, 1.807) is 5.38 Å². The van der Waals surface area contributed by atoms with Gasteiger partial charge in [-0.2, -0.15) is 13.2 Å². The van der Waals surface area contributed by atoms with Gasteiger partial charge in [0.15, 0.2) is 0 Å². The summed E-state index contributed by atoms with van der Waals surface area (Å²) < 4.78 is 51.8. The van der Waals surface area contributed by atoms with Gasteiger partial charge in [-0.3, -0.25) is 0 Å². The molecule has 0 saturated carbocycles. The van der Waals surface area contributed by atoms with E-state index in [-0.39, 0.29) is 10.6 Å². The van der Waals surface area contributed by atoms with E-state index >= 15 is 0 Å². The highest BCUT2D eigenvalue weighted by Gasteiger charge is 2.34. The molecule has 1 N–H and O–H groups in total. The maximum absolute atomic E-state index is 13.0. The van der Waals surface area contributed by atoms with Crippen molar-refractivity contribution in [2.45, 2.75) is 19.6 Å². The fourth-order valence-electron chi connectivity index (χ4n) is 1.70. The van der Waals surface area contributed by atoms with E-state index < -0.39 is 17.6 Å². The Balaban J connectivity index is 2.39. The molecule has 1 aromatic carbocycles. The van der Waals surface area contributed by atoms with Crippen LogP contribution in [0.25, 0.3) is 10.6 Å². The van der Waals surface area contributed by atoms with Crippen molar-refractivity contribution < 1.29 is 17.6 Å². The van der Waals surface area contributed by atoms with Crippen LogP contribution in [0.15, 0.2) is 23.6 Å². The van der Waals surface area contributed by atoms with E-state index in [9.17, 15) is 17.6 Å². The standard InChI is InChI=1S/C13H12F4N2S/c1-2-18-6-9-7-20-12(19-9)10-4-3-8(14)5-11(10)13(15,16)17/h3-5,7,18H,2,6H2,1H3. The molecule has 20 heavy (non-hydrogen) atoms. The van der Waals surface area contributed by atoms with Crippen molar-refractivity contribution in [3.05, 3.63) is 40.7 Å². The van der Waals surface area contributed by atoms with E-state index in [0.29, 0.717) is 18.3 Å². The second-order valence-electron chi connectivity index (χ2n) is 4.11. The number of halogens is 4. The highest BCUT2D eigenvalue weighted by molar-refractivity contribution is 7.13. The minimum atomic E-state index is -4.61. The topological polar surface area (TPSA) is 24.9 Å². The first kappa shape index (κ1) is 14.9. The highest BCUT2D eigenvalue weighted by Crippen LogP contribution is 2.38. The lowest BCUT2D eigenvalue weighted by atomic mass is 10.1. The summed E-state index contributed by atoms with van der Waals surface area (Å²) in [7, 11) is 0. The third-order valence-electron chi connectivity index (χ3n) is 2.63. The number of nitrogens with one attached hydrogen (secondary N) is 1. The molecule has 0 bridgehead atoms. The van der Waals surface area contributed by atoms with Crippen LogP contribution in [-0.4, -0.2) is 11.5 Å². The van der Waals surface area contributed by atoms with Gasteiger partial charge in [-0.25, -0.2) is 9.37 Å². The van der Waals surface area contributed by atoms with Gasteiger partial charge >= 0.3 is 6.18 Å². The normalized spacial score (nSPS) is 11.8. The zero-order chi connectivity index (χ0) is 14.8. The van der Waals surface area contributed by atoms with E-state index in [1.807, 2.05) is 6.92 Å². The van der Waals surface area contributed by atoms with Crippen LogP contribution < -0.4 is 5.32 Å². The summed E-state index contributed by atoms with van der Waals surface area (Å²) in [5.74, 6) is -0.912. The second kappa shape index (κ2) is 5.88. The van der Waals surface area contributed by atoms with Gasteiger partial charge in [0.1, 0.15) is 10.8 Å². The minimum absolute atomic E-state index is 0.0911. The molecule has 0 atom stereocenters. The molecule has 0 fully saturated rings. The van der Waals surface area contributed by atoms with Crippen molar-refractivity contribution >= 4 is 11.3 Å². The minimum Gasteiger partial charge on any atom is -0.311 e. The van der Waals surface area contributed by atoms with Crippen LogP contribution in [0.4, 0.5) is 17.6 Å². The molecule has 0 aliphatic heterocycles. The number of rotatable bonds is 4. The van der Waals surface area contributed by atoms with Gasteiger partial charge in [-0.05, 0) is 24.7 Å². The van der Waals surface area contributed by atoms with Crippen molar-refractivity contribution in [3.63, 3.8) is 0 Å². The van der Waals surface area contributed by atoms with Gasteiger partial charge in [-0.15, -0.1) is 11.3 Å². The van der Waals surface area contributed by atoms with Gasteiger partial charge in [0.2, 0.25) is 0 Å². The van der Waals surface area contributed by atoms with Crippen LogP contribution in [0.3, 0.4) is 0 Å². The predicted octanol–water partition coefficient (Wildman–Crippen LogP) is 4.08. The van der Waals surface area contributed by atoms with Gasteiger partial charge in [0.05, 0.1) is 11.3 Å². The third kappa shape index (κ3) is 3.34. The maximum atomic E-state index is 13.0. The third-order valence-corrected chi connectivity index (χ3v) is 3.55. The monoisotopic (exact) mass is 304 g/mol. The number of nitrogens with zero attached hydrogens (tertiary/aromatic N) is 1. The fourth-order valence-corrected chi connectivity index (χ4v) is 2.56. The number of benzene rings is 1. The first-order chi connectivity index (χ1) is 9.41. The molecular weight excluding hydrogens is 292 g/mol. The molecule has 0 unspecified atom stereocenters. The van der Waals surface area contributed by atoms with Crippen molar-refractivity contribution in [1.82, 2.24) is 10.3 Å². The molecule has 0 saturated heterocycles. The van der Waals surface area contributed by atoms with Gasteiger partial charge in [-0.1, -0.05) is 6.92 Å². The first-order valence-electron chi connectivity index (χ1n) is 5.94. The van der Waals surface area contributed by atoms with E-state index in [0.717, 1.165) is 30.0 Å². The van der Waals surface area contributed by atoms with Crippen LogP contribution in [0.5, 0.6) is 0 Å². The molecule has 0 aliphatic carbocycles. The summed E-state index contributed by atoms with van der Waals surface area (Å²) in [6.45, 7) is 3.17. The zero-order valence-electron chi connectivity index (χ0n) is 10.6. The number of aromatic nitrogens is 1. The SMILES string of the molecule is CCNCc1csc(-c2ccc(F)cc2C(F)(F)F)n1. The van der Waals surface area contributed by atoms with Crippen LogP contribution >= 0.6 is 11.3 Å². The van der Waals surface area contributed by atoms with Crippen LogP contribution in [0.1, 0.15) is 18.2 Å². The van der Waals surface area contributed by atoms with Crippen LogP contribution in [0.2, 0.25) is 0 Å². The Bertz CT molecular complexity index is 592. The number of alkyl halides is 3. The summed E-state index contributed by atoms with van der Waals surface area (Å²) in [5.41, 5.74) is -0.419. The quantitative estimate of drug-likeness (QED) is 0.861. The lowest BCUT2D eigenvalue weighted by Gasteiger charge is -2.11. The number of hydrogen-bond donors (Lipinski definition) is 1. The lowest BCUT2D eigenvalue weighted by molar-refractivity contribution is -0.137. The molecule has 0 aliphatic rings. The molecule has 0 radical (unpaired) electrons. The zero-order valence-corrected chi connectivity index (χ0v) is 11.4. The Hall–Kier alpha value is -1.47. The maximum Gasteiger partial charge on any atom is 0.417 e. The average Bonchev–Trinajstić information content (AvgIpc) is 2.84. The van der Waals surface area contributed by atoms with Crippen molar-refractivity contribution in [2.24, 2.45) is 0 Å². The molecule has 7 heteroatoms. The molecule has 2 aromatic rings. The second-order valence-corrected chi connectivity index (χ2v) is 4.97. The number of thiazole rings is 1. The van der Waals surface area contributed by atoms with Gasteiger partial charge in [0.25, 0.3) is 0 Å². The van der Waals surface area contributed by atoms with Crippen molar-refractivity contribution in [2.75, 3.05) is 6.54 Å². The average molecular weight is 304 g/mol. The molecule has 2 rings (SSSR count). The predicted molar refractivity (Wildman–Crippen MR) is 69.9 cm³/mol. The Morgan fingerprint density at radius 1 is 1.30 bits per heavy atom. The summed E-state index contributed by atoms with van der Waals surface area (Å²) >= 11 is 1.12. The molecule has 2 nitrogen and oxygen atoms in total. The van der Waals surface area contributed by atoms with Crippen molar-refractivity contribution in [3.8, 4) is 10.6 Å². The summed E-state index contributed by atoms with van der Waals surface area (Å²) in [6, 6.07) is 2.63. The molecular formula is C13H12F4N2S. The summed E-state index contributed by atoms with van der Waals surface area (Å²) in [5, 5.41) is 4.98. The van der Waals surface area contributed by atoms with Gasteiger partial charge in [0, 0.05) is 17.5 Å². The van der Waals surface area contributed by atoms with Gasteiger partial charge < -0.3 is 5.32 Å². The van der Waals surface area contributed by atoms with Crippen LogP contribution in [-0.2, 0) is 12.7 Å². The largest absolute Gasteiger partial charge is 0.417 e.